The number of aryl methyl sites for hydroxylation is 1. The maximum Gasteiger partial charge on any atom is 0.171 e. The molecule has 0 radical (unpaired) electrons. The average Bonchev–Trinajstić information content (AvgIpc) is 2.72. The molecule has 0 aliphatic carbocycles. The van der Waals surface area contributed by atoms with Crippen molar-refractivity contribution in [3.05, 3.63) is 52.6 Å². The first-order valence-corrected chi connectivity index (χ1v) is 8.74. The minimum absolute atomic E-state index is 0.0108. The number of hydrogen-bond acceptors (Lipinski definition) is 4. The molecule has 1 unspecified atom stereocenters. The van der Waals surface area contributed by atoms with Crippen LogP contribution in [0.4, 0.5) is 0 Å². The van der Waals surface area contributed by atoms with Crippen LogP contribution < -0.4 is 5.32 Å². The van der Waals surface area contributed by atoms with Gasteiger partial charge in [0, 0.05) is 12.5 Å². The molecule has 4 heteroatoms. The predicted octanol–water partition coefficient (Wildman–Crippen LogP) is 3.41. The van der Waals surface area contributed by atoms with Crippen molar-refractivity contribution in [1.29, 1.82) is 0 Å². The average molecular weight is 315 g/mol. The van der Waals surface area contributed by atoms with Crippen molar-refractivity contribution in [1.82, 2.24) is 5.32 Å². The summed E-state index contributed by atoms with van der Waals surface area (Å²) >= 11 is 1.50. The van der Waals surface area contributed by atoms with E-state index in [-0.39, 0.29) is 17.4 Å². The van der Waals surface area contributed by atoms with Gasteiger partial charge in [-0.1, -0.05) is 24.3 Å². The van der Waals surface area contributed by atoms with Gasteiger partial charge in [-0.25, -0.2) is 0 Å². The van der Waals surface area contributed by atoms with E-state index < -0.39 is 0 Å². The largest absolute Gasteiger partial charge is 0.504 e. The highest BCUT2D eigenvalue weighted by Gasteiger charge is 2.26. The van der Waals surface area contributed by atoms with Crippen LogP contribution in [-0.4, -0.2) is 29.6 Å². The Morgan fingerprint density at radius 1 is 1.18 bits per heavy atom. The molecule has 0 saturated heterocycles. The second-order valence-electron chi connectivity index (χ2n) is 5.71. The van der Waals surface area contributed by atoms with Gasteiger partial charge in [-0.3, -0.25) is 0 Å². The molecule has 2 aromatic rings. The lowest BCUT2D eigenvalue weighted by Crippen LogP contribution is -2.21. The van der Waals surface area contributed by atoms with E-state index in [0.717, 1.165) is 35.5 Å². The maximum atomic E-state index is 10.2. The fourth-order valence-corrected chi connectivity index (χ4v) is 4.07. The molecule has 3 nitrogen and oxygen atoms in total. The van der Waals surface area contributed by atoms with Gasteiger partial charge in [-0.15, -0.1) is 11.8 Å². The first-order valence-electron chi connectivity index (χ1n) is 7.51. The quantitative estimate of drug-likeness (QED) is 0.587. The minimum atomic E-state index is -0.0245. The zero-order valence-electron chi connectivity index (χ0n) is 12.9. The van der Waals surface area contributed by atoms with Gasteiger partial charge in [0.25, 0.3) is 0 Å². The van der Waals surface area contributed by atoms with Gasteiger partial charge in [-0.05, 0) is 54.5 Å². The minimum Gasteiger partial charge on any atom is -0.504 e. The molecule has 0 saturated carbocycles. The molecule has 22 heavy (non-hydrogen) atoms. The Hall–Kier alpha value is -1.65. The van der Waals surface area contributed by atoms with E-state index in [1.807, 2.05) is 12.3 Å². The first kappa shape index (κ1) is 15.3. The van der Waals surface area contributed by atoms with E-state index in [1.165, 1.54) is 22.9 Å². The summed E-state index contributed by atoms with van der Waals surface area (Å²) in [4.78, 5) is 0.803. The summed E-state index contributed by atoms with van der Waals surface area (Å²) < 4.78 is 0. The van der Waals surface area contributed by atoms with Gasteiger partial charge in [-0.2, -0.15) is 0 Å². The van der Waals surface area contributed by atoms with Crippen molar-refractivity contribution in [3.8, 4) is 11.5 Å². The number of thioether (sulfide) groups is 1. The summed E-state index contributed by atoms with van der Waals surface area (Å²) in [6, 6.07) is 10.1. The molecule has 0 bridgehead atoms. The Labute approximate surface area is 135 Å². The highest BCUT2D eigenvalue weighted by atomic mass is 32.2. The maximum absolute atomic E-state index is 10.2. The molecule has 1 heterocycles. The van der Waals surface area contributed by atoms with Crippen molar-refractivity contribution >= 4 is 11.8 Å². The van der Waals surface area contributed by atoms with E-state index in [2.05, 4.69) is 30.4 Å². The third kappa shape index (κ3) is 2.57. The molecule has 3 N–H and O–H groups in total. The van der Waals surface area contributed by atoms with Crippen LogP contribution in [0.5, 0.6) is 11.5 Å². The summed E-state index contributed by atoms with van der Waals surface area (Å²) in [5.74, 6) is 0.177. The number of hydrogen-bond donors (Lipinski definition) is 3. The van der Waals surface area contributed by atoms with Crippen molar-refractivity contribution in [2.75, 3.05) is 19.3 Å². The zero-order valence-corrected chi connectivity index (χ0v) is 13.7. The number of benzene rings is 2. The molecule has 1 atom stereocenters. The van der Waals surface area contributed by atoms with Gasteiger partial charge in [0.2, 0.25) is 0 Å². The van der Waals surface area contributed by atoms with Crippen LogP contribution in [0.25, 0.3) is 0 Å². The fraction of sp³-hybridized carbons (Fsp3) is 0.333. The van der Waals surface area contributed by atoms with Gasteiger partial charge < -0.3 is 15.5 Å². The van der Waals surface area contributed by atoms with Crippen LogP contribution >= 0.6 is 11.8 Å². The fourth-order valence-electron chi connectivity index (χ4n) is 3.31. The second-order valence-corrected chi connectivity index (χ2v) is 6.53. The Kier molecular flexibility index (Phi) is 4.32. The van der Waals surface area contributed by atoms with Crippen LogP contribution in [0, 0.1) is 6.92 Å². The Bertz CT molecular complexity index is 700. The van der Waals surface area contributed by atoms with Crippen molar-refractivity contribution in [2.45, 2.75) is 24.2 Å². The summed E-state index contributed by atoms with van der Waals surface area (Å²) in [6.45, 7) is 3.85. The number of phenols is 2. The van der Waals surface area contributed by atoms with Gasteiger partial charge in [0.1, 0.15) is 0 Å². The monoisotopic (exact) mass is 315 g/mol. The van der Waals surface area contributed by atoms with Crippen molar-refractivity contribution in [3.63, 3.8) is 0 Å². The number of rotatable bonds is 2. The normalized spacial score (nSPS) is 17.8. The molecule has 0 fully saturated rings. The standard InChI is InChI=1S/C18H21NO2S/c1-11-5-3-4-6-12(11)15-10-19-8-7-13-14(15)9-16(20)17(21)18(13)22-2/h3-6,9,15,19-21H,7-8,10H2,1-2H3. The van der Waals surface area contributed by atoms with Crippen molar-refractivity contribution < 1.29 is 10.2 Å². The number of aromatic hydroxyl groups is 2. The van der Waals surface area contributed by atoms with E-state index in [0.29, 0.717) is 0 Å². The number of phenolic OH excluding ortho intramolecular Hbond substituents is 2. The van der Waals surface area contributed by atoms with Gasteiger partial charge >= 0.3 is 0 Å². The Balaban J connectivity index is 2.21. The zero-order chi connectivity index (χ0) is 15.7. The number of nitrogens with one attached hydrogen (secondary N) is 1. The van der Waals surface area contributed by atoms with E-state index in [4.69, 9.17) is 0 Å². The molecular formula is C18H21NO2S. The molecule has 116 valence electrons. The SMILES string of the molecule is CSc1c(O)c(O)cc2c1CCNCC2c1ccccc1C. The molecule has 3 rings (SSSR count). The topological polar surface area (TPSA) is 52.5 Å². The lowest BCUT2D eigenvalue weighted by molar-refractivity contribution is 0.393. The predicted molar refractivity (Wildman–Crippen MR) is 91.1 cm³/mol. The first-order chi connectivity index (χ1) is 10.6. The van der Waals surface area contributed by atoms with E-state index >= 15 is 0 Å². The van der Waals surface area contributed by atoms with Gasteiger partial charge in [0.15, 0.2) is 11.5 Å². The molecule has 1 aliphatic heterocycles. The summed E-state index contributed by atoms with van der Waals surface area (Å²) in [5, 5.41) is 23.8. The molecule has 0 spiro atoms. The molecule has 2 aromatic carbocycles. The van der Waals surface area contributed by atoms with Crippen LogP contribution in [-0.2, 0) is 6.42 Å². The lowest BCUT2D eigenvalue weighted by atomic mass is 9.85. The summed E-state index contributed by atoms with van der Waals surface area (Å²) in [7, 11) is 0. The highest BCUT2D eigenvalue weighted by molar-refractivity contribution is 7.98. The highest BCUT2D eigenvalue weighted by Crippen LogP contribution is 2.44. The Morgan fingerprint density at radius 3 is 2.68 bits per heavy atom. The molecule has 0 aromatic heterocycles. The molecule has 0 amide bonds. The van der Waals surface area contributed by atoms with Crippen LogP contribution in [0.2, 0.25) is 0 Å². The second kappa shape index (κ2) is 6.23. The van der Waals surface area contributed by atoms with Crippen LogP contribution in [0.3, 0.4) is 0 Å². The molecular weight excluding hydrogens is 294 g/mol. The molecule has 1 aliphatic rings. The smallest absolute Gasteiger partial charge is 0.171 e. The summed E-state index contributed by atoms with van der Waals surface area (Å²) in [6.07, 6.45) is 2.80. The van der Waals surface area contributed by atoms with Crippen LogP contribution in [0.1, 0.15) is 28.2 Å². The summed E-state index contributed by atoms with van der Waals surface area (Å²) in [5.41, 5.74) is 4.80. The van der Waals surface area contributed by atoms with Crippen molar-refractivity contribution in [2.24, 2.45) is 0 Å². The third-order valence-corrected chi connectivity index (χ3v) is 5.26. The number of fused-ring (bicyclic) bond motifs is 1. The van der Waals surface area contributed by atoms with E-state index in [9.17, 15) is 10.2 Å². The van der Waals surface area contributed by atoms with Gasteiger partial charge in [0.05, 0.1) is 4.90 Å². The van der Waals surface area contributed by atoms with Crippen LogP contribution in [0.15, 0.2) is 35.2 Å². The third-order valence-electron chi connectivity index (χ3n) is 4.42. The van der Waals surface area contributed by atoms with E-state index in [1.54, 1.807) is 6.07 Å². The lowest BCUT2D eigenvalue weighted by Gasteiger charge is -2.22. The Morgan fingerprint density at radius 2 is 1.95 bits per heavy atom.